The summed E-state index contributed by atoms with van der Waals surface area (Å²) in [4.78, 5) is 26.4. The van der Waals surface area contributed by atoms with Crippen molar-refractivity contribution in [2.75, 3.05) is 0 Å². The van der Waals surface area contributed by atoms with Gasteiger partial charge in [0.25, 0.3) is 0 Å². The molecular formula is C3H2O9U. The third kappa shape index (κ3) is 104. The Hall–Kier alpha value is -1.14. The predicted octanol–water partition coefficient (Wildman–Crippen LogP) is -3.53. The average Bonchev–Trinajstić information content (AvgIpc) is 1.87. The van der Waals surface area contributed by atoms with Gasteiger partial charge in [-0.3, -0.25) is 0 Å². The topological polar surface area (TPSA) is 172 Å². The van der Waals surface area contributed by atoms with Crippen molar-refractivity contribution in [1.29, 1.82) is 0 Å². The summed E-state index contributed by atoms with van der Waals surface area (Å²) < 4.78 is 17.2. The van der Waals surface area contributed by atoms with Gasteiger partial charge in [-0.2, -0.15) is 0 Å². The van der Waals surface area contributed by atoms with Gasteiger partial charge in [0, 0.05) is 0 Å². The number of carboxylic acid groups (broad SMARTS) is 4. The van der Waals surface area contributed by atoms with Crippen LogP contribution in [0.1, 0.15) is 0 Å². The van der Waals surface area contributed by atoms with E-state index in [-0.39, 0.29) is 0 Å². The van der Waals surface area contributed by atoms with Gasteiger partial charge in [-0.25, -0.2) is 4.79 Å². The van der Waals surface area contributed by atoms with Gasteiger partial charge in [0.05, 0.1) is 11.9 Å². The number of carbonyl (C=O) groups excluding carboxylic acids is 2. The molecule has 0 heterocycles. The SMILES string of the molecule is O=C(O)O.O=C([O-])C(=O)[O-].[O]=[U+2]=[O]. The molecule has 10 heteroatoms. The number of carboxylic acids is 2. The monoisotopic (exact) mass is 420 g/mol. The Labute approximate surface area is 85.2 Å². The van der Waals surface area contributed by atoms with Gasteiger partial charge in [0.15, 0.2) is 0 Å². The van der Waals surface area contributed by atoms with Crippen LogP contribution < -0.4 is 10.2 Å². The molecule has 0 atom stereocenters. The molecule has 0 saturated carbocycles. The van der Waals surface area contributed by atoms with Crippen molar-refractivity contribution in [2.24, 2.45) is 0 Å². The normalized spacial score (nSPS) is 5.85. The van der Waals surface area contributed by atoms with E-state index in [4.69, 9.17) is 39.3 Å². The zero-order valence-corrected chi connectivity index (χ0v) is 9.92. The standard InChI is InChI=1S/C2H2O4.CH2O3.2O.U/c3-1(4)2(5)6;2-1(3)4;;;/h(H,3,4)(H,5,6);(H2,2,3,4);;;/q;;;;+2/p-2. The zero-order chi connectivity index (χ0) is 11.4. The summed E-state index contributed by atoms with van der Waals surface area (Å²) in [5.74, 6) is -4.37. The summed E-state index contributed by atoms with van der Waals surface area (Å²) in [6.07, 6.45) is -1.83. The van der Waals surface area contributed by atoms with E-state index in [2.05, 4.69) is 0 Å². The molecule has 0 aliphatic rings. The van der Waals surface area contributed by atoms with Crippen LogP contribution in [0.5, 0.6) is 0 Å². The molecule has 13 heavy (non-hydrogen) atoms. The minimum absolute atomic E-state index is 1.83. The summed E-state index contributed by atoms with van der Waals surface area (Å²) in [6, 6.07) is 0. The first-order valence-electron chi connectivity index (χ1n) is 2.13. The van der Waals surface area contributed by atoms with Crippen molar-refractivity contribution in [2.45, 2.75) is 0 Å². The van der Waals surface area contributed by atoms with Crippen LogP contribution in [0.4, 0.5) is 4.79 Å². The van der Waals surface area contributed by atoms with E-state index in [1.807, 2.05) is 0 Å². The second kappa shape index (κ2) is 13.5. The van der Waals surface area contributed by atoms with E-state index in [0.717, 1.165) is 0 Å². The Morgan fingerprint density at radius 1 is 0.923 bits per heavy atom. The minimum atomic E-state index is -2.51. The van der Waals surface area contributed by atoms with Crippen LogP contribution in [0.2, 0.25) is 0 Å². The molecular weight excluding hydrogens is 418 g/mol. The van der Waals surface area contributed by atoms with Crippen LogP contribution in [0, 0.1) is 27.8 Å². The van der Waals surface area contributed by atoms with Gasteiger partial charge < -0.3 is 30.0 Å². The maximum atomic E-state index is 8.93. The number of carbonyl (C=O) groups is 3. The number of hydrogen-bond acceptors (Lipinski definition) is 7. The first-order valence-corrected chi connectivity index (χ1v) is 5.53. The second-order valence-corrected chi connectivity index (χ2v) is 1.63. The molecule has 0 aromatic heterocycles. The molecule has 0 amide bonds. The van der Waals surface area contributed by atoms with Crippen LogP contribution >= 0.6 is 0 Å². The molecule has 0 saturated heterocycles. The zero-order valence-electron chi connectivity index (χ0n) is 5.75. The van der Waals surface area contributed by atoms with Crippen molar-refractivity contribution in [3.05, 3.63) is 0 Å². The average molecular weight is 420 g/mol. The van der Waals surface area contributed by atoms with Crippen LogP contribution in [0.25, 0.3) is 0 Å². The van der Waals surface area contributed by atoms with E-state index in [0.29, 0.717) is 0 Å². The van der Waals surface area contributed by atoms with Crippen LogP contribution in [0.15, 0.2) is 0 Å². The van der Waals surface area contributed by atoms with Gasteiger partial charge in [0.2, 0.25) is 0 Å². The Morgan fingerprint density at radius 2 is 1.00 bits per heavy atom. The van der Waals surface area contributed by atoms with E-state index in [1.165, 1.54) is 0 Å². The fraction of sp³-hybridized carbons (Fsp3) is 0. The fourth-order valence-corrected chi connectivity index (χ4v) is 0. The first kappa shape index (κ1) is 17.8. The molecule has 0 radical (unpaired) electrons. The van der Waals surface area contributed by atoms with Crippen molar-refractivity contribution < 1.29 is 67.1 Å². The molecule has 0 bridgehead atoms. The fourth-order valence-electron chi connectivity index (χ4n) is 0. The van der Waals surface area contributed by atoms with Gasteiger partial charge >= 0.3 is 38.4 Å². The Balaban J connectivity index is -0.000000125. The molecule has 0 rings (SSSR count). The first-order chi connectivity index (χ1) is 5.79. The van der Waals surface area contributed by atoms with Gasteiger partial charge in [-0.05, 0) is 0 Å². The van der Waals surface area contributed by atoms with Gasteiger partial charge in [-0.15, -0.1) is 0 Å². The molecule has 9 nitrogen and oxygen atoms in total. The van der Waals surface area contributed by atoms with Crippen LogP contribution in [-0.4, -0.2) is 28.3 Å². The van der Waals surface area contributed by atoms with Crippen molar-refractivity contribution in [3.8, 4) is 0 Å². The molecule has 2 N–H and O–H groups in total. The van der Waals surface area contributed by atoms with Crippen LogP contribution in [-0.2, 0) is 14.1 Å². The van der Waals surface area contributed by atoms with E-state index in [1.54, 1.807) is 0 Å². The maximum absolute atomic E-state index is 8.93. The van der Waals surface area contributed by atoms with Gasteiger partial charge in [-0.1, -0.05) is 0 Å². The predicted molar refractivity (Wildman–Crippen MR) is 22.0 cm³/mol. The summed E-state index contributed by atoms with van der Waals surface area (Å²) in [6.45, 7) is 0. The van der Waals surface area contributed by atoms with Crippen molar-refractivity contribution >= 4 is 18.1 Å². The molecule has 0 aliphatic heterocycles. The van der Waals surface area contributed by atoms with E-state index < -0.39 is 45.9 Å². The third-order valence-electron chi connectivity index (χ3n) is 0.167. The van der Waals surface area contributed by atoms with E-state index >= 15 is 0 Å². The van der Waals surface area contributed by atoms with Gasteiger partial charge in [0.1, 0.15) is 0 Å². The molecule has 0 aliphatic carbocycles. The summed E-state index contributed by atoms with van der Waals surface area (Å²) in [5.41, 5.74) is 0. The second-order valence-electron chi connectivity index (χ2n) is 0.941. The number of rotatable bonds is 0. The summed E-state index contributed by atoms with van der Waals surface area (Å²) in [7, 11) is 0. The molecule has 0 fully saturated rings. The molecule has 72 valence electrons. The quantitative estimate of drug-likeness (QED) is 0.377. The van der Waals surface area contributed by atoms with Crippen LogP contribution in [0.3, 0.4) is 0 Å². The Kier molecular flexibility index (Phi) is 18.4. The van der Waals surface area contributed by atoms with E-state index in [9.17, 15) is 0 Å². The van der Waals surface area contributed by atoms with Crippen molar-refractivity contribution in [3.63, 3.8) is 0 Å². The molecule has 0 unspecified atom stereocenters. The number of aliphatic carboxylic acids is 2. The Morgan fingerprint density at radius 3 is 1.00 bits per heavy atom. The molecule has 0 aromatic carbocycles. The number of hydrogen-bond donors (Lipinski definition) is 2. The molecule has 0 spiro atoms. The molecule has 0 aromatic rings. The Bertz CT molecular complexity index is 197. The van der Waals surface area contributed by atoms with Crippen molar-refractivity contribution in [1.82, 2.24) is 0 Å². The summed E-state index contributed by atoms with van der Waals surface area (Å²) >= 11 is -2.51. The summed E-state index contributed by atoms with van der Waals surface area (Å²) in [5, 5.41) is 31.8. The third-order valence-corrected chi connectivity index (χ3v) is 0.167.